The van der Waals surface area contributed by atoms with Gasteiger partial charge in [0, 0.05) is 23.7 Å². The standard InChI is InChI=1S/2C17H18O6/c2*1-7-11-8(2)13-15(14(21-11)12(7)22-13)23-17(20)10-6-4-3-5-9(10)16(18)19/h2*3-8,11-15H,1-2H3,(H,18,19)/t7-,8+,11?,12+,13?,14-,15-;7-,8+,11+,12+,13-,14-,15-/m01/s1. The summed E-state index contributed by atoms with van der Waals surface area (Å²) in [5.41, 5.74) is -0.0162. The lowest BCUT2D eigenvalue weighted by Gasteiger charge is -2.38. The fraction of sp³-hybridized carbons (Fsp3) is 0.529. The number of ether oxygens (including phenoxy) is 6. The highest BCUT2D eigenvalue weighted by atomic mass is 16.7. The summed E-state index contributed by atoms with van der Waals surface area (Å²) in [6.07, 6.45) is -1.63. The van der Waals surface area contributed by atoms with Crippen molar-refractivity contribution in [3.05, 3.63) is 70.8 Å². The summed E-state index contributed by atoms with van der Waals surface area (Å²) >= 11 is 0. The van der Waals surface area contributed by atoms with Gasteiger partial charge in [-0.05, 0) is 24.3 Å². The summed E-state index contributed by atoms with van der Waals surface area (Å²) in [6.45, 7) is 8.25. The highest BCUT2D eigenvalue weighted by Crippen LogP contribution is 2.52. The fourth-order valence-electron chi connectivity index (χ4n) is 8.32. The van der Waals surface area contributed by atoms with Crippen LogP contribution in [0.4, 0.5) is 0 Å². The van der Waals surface area contributed by atoms with Gasteiger partial charge in [-0.25, -0.2) is 19.2 Å². The second kappa shape index (κ2) is 11.4. The summed E-state index contributed by atoms with van der Waals surface area (Å²) in [6, 6.07) is 12.1. The van der Waals surface area contributed by atoms with Gasteiger partial charge in [-0.3, -0.25) is 0 Å². The van der Waals surface area contributed by atoms with Crippen molar-refractivity contribution >= 4 is 23.9 Å². The van der Waals surface area contributed by atoms with Gasteiger partial charge in [-0.1, -0.05) is 52.0 Å². The summed E-state index contributed by atoms with van der Waals surface area (Å²) < 4.78 is 35.2. The molecular formula is C34H36O12. The number of carboxylic acids is 2. The van der Waals surface area contributed by atoms with Gasteiger partial charge in [-0.2, -0.15) is 0 Å². The van der Waals surface area contributed by atoms with Crippen molar-refractivity contribution < 1.29 is 57.8 Å². The molecule has 2 unspecified atom stereocenters. The largest absolute Gasteiger partial charge is 0.478 e. The number of hydrogen-bond acceptors (Lipinski definition) is 10. The normalized spacial score (nSPS) is 40.3. The average Bonchev–Trinajstić information content (AvgIpc) is 3.68. The minimum absolute atomic E-state index is 0.0475. The summed E-state index contributed by atoms with van der Waals surface area (Å²) in [4.78, 5) is 47.4. The Kier molecular flexibility index (Phi) is 7.66. The first-order valence-electron chi connectivity index (χ1n) is 15.7. The molecule has 0 aromatic heterocycles. The summed E-state index contributed by atoms with van der Waals surface area (Å²) in [7, 11) is 0. The second-order valence-electron chi connectivity index (χ2n) is 13.1. The maximum absolute atomic E-state index is 12.5. The zero-order valence-corrected chi connectivity index (χ0v) is 25.7. The van der Waals surface area contributed by atoms with E-state index in [-0.39, 0.29) is 94.8 Å². The number of carbonyl (C=O) groups is 4. The number of rotatable bonds is 6. The lowest BCUT2D eigenvalue weighted by molar-refractivity contribution is -0.152. The summed E-state index contributed by atoms with van der Waals surface area (Å²) in [5, 5.41) is 18.4. The third-order valence-electron chi connectivity index (χ3n) is 10.6. The number of carboxylic acid groups (broad SMARTS) is 2. The average molecular weight is 637 g/mol. The number of hydrogen-bond donors (Lipinski definition) is 2. The molecular weight excluding hydrogens is 600 g/mol. The molecule has 244 valence electrons. The molecule has 2 aromatic rings. The van der Waals surface area contributed by atoms with Crippen LogP contribution >= 0.6 is 0 Å². The van der Waals surface area contributed by atoms with Gasteiger partial charge in [0.1, 0.15) is 24.4 Å². The maximum Gasteiger partial charge on any atom is 0.339 e. The van der Waals surface area contributed by atoms with Crippen LogP contribution in [0.3, 0.4) is 0 Å². The molecule has 14 atom stereocenters. The van der Waals surface area contributed by atoms with Crippen LogP contribution in [0.1, 0.15) is 69.1 Å². The first-order valence-corrected chi connectivity index (χ1v) is 15.7. The molecule has 8 aliphatic rings. The molecule has 0 aliphatic carbocycles. The van der Waals surface area contributed by atoms with Crippen molar-refractivity contribution in [1.82, 2.24) is 0 Å². The quantitative estimate of drug-likeness (QED) is 0.445. The van der Waals surface area contributed by atoms with E-state index in [0.29, 0.717) is 0 Å². The predicted molar refractivity (Wildman–Crippen MR) is 157 cm³/mol. The highest BCUT2D eigenvalue weighted by molar-refractivity contribution is 6.03. The first kappa shape index (κ1) is 30.8. The number of esters is 2. The minimum Gasteiger partial charge on any atom is -0.478 e. The van der Waals surface area contributed by atoms with Crippen LogP contribution < -0.4 is 0 Å². The molecule has 2 N–H and O–H groups in total. The Morgan fingerprint density at radius 1 is 0.478 bits per heavy atom. The Hall–Kier alpha value is -3.84. The predicted octanol–water partition coefficient (Wildman–Crippen LogP) is 3.46. The molecule has 0 spiro atoms. The highest BCUT2D eigenvalue weighted by Gasteiger charge is 2.66. The summed E-state index contributed by atoms with van der Waals surface area (Å²) in [5.74, 6) is -2.74. The fourth-order valence-corrected chi connectivity index (χ4v) is 8.32. The molecule has 8 bridgehead atoms. The Labute approximate surface area is 264 Å². The number of benzene rings is 2. The van der Waals surface area contributed by atoms with Crippen LogP contribution in [0.5, 0.6) is 0 Å². The van der Waals surface area contributed by atoms with Gasteiger partial charge in [-0.15, -0.1) is 0 Å². The smallest absolute Gasteiger partial charge is 0.339 e. The molecule has 0 amide bonds. The number of aromatic carboxylic acids is 2. The molecule has 0 radical (unpaired) electrons. The topological polar surface area (TPSA) is 164 Å². The Morgan fingerprint density at radius 3 is 1.13 bits per heavy atom. The third kappa shape index (κ3) is 4.73. The minimum atomic E-state index is -1.15. The van der Waals surface area contributed by atoms with E-state index in [0.717, 1.165) is 0 Å². The first-order chi connectivity index (χ1) is 22.0. The van der Waals surface area contributed by atoms with Gasteiger partial charge in [0.25, 0.3) is 0 Å². The molecule has 8 saturated heterocycles. The van der Waals surface area contributed by atoms with E-state index in [1.54, 1.807) is 24.3 Å². The molecule has 8 heterocycles. The lowest BCUT2D eigenvalue weighted by atomic mass is 9.87. The van der Waals surface area contributed by atoms with Gasteiger partial charge >= 0.3 is 23.9 Å². The van der Waals surface area contributed by atoms with E-state index in [4.69, 9.17) is 28.4 Å². The molecule has 8 fully saturated rings. The molecule has 0 saturated carbocycles. The van der Waals surface area contributed by atoms with E-state index < -0.39 is 36.1 Å². The second-order valence-corrected chi connectivity index (χ2v) is 13.1. The van der Waals surface area contributed by atoms with Crippen LogP contribution in [0.2, 0.25) is 0 Å². The van der Waals surface area contributed by atoms with E-state index in [1.165, 1.54) is 24.3 Å². The van der Waals surface area contributed by atoms with Crippen molar-refractivity contribution in [3.8, 4) is 0 Å². The molecule has 12 heteroatoms. The van der Waals surface area contributed by atoms with Gasteiger partial charge in [0.05, 0.1) is 46.7 Å². The Balaban J connectivity index is 0.000000147. The van der Waals surface area contributed by atoms with Gasteiger partial charge < -0.3 is 38.6 Å². The molecule has 8 aliphatic heterocycles. The lowest BCUT2D eigenvalue weighted by Crippen LogP contribution is -2.49. The van der Waals surface area contributed by atoms with Crippen molar-refractivity contribution in [2.24, 2.45) is 23.7 Å². The zero-order chi connectivity index (χ0) is 32.6. The van der Waals surface area contributed by atoms with E-state index in [9.17, 15) is 29.4 Å². The Bertz CT molecular complexity index is 1450. The van der Waals surface area contributed by atoms with Crippen LogP contribution in [-0.4, -0.2) is 95.1 Å². The SMILES string of the molecule is C[C@@H]1C2O[C@H]3[C@H](OC1[C@@H]3OC(=O)c1ccccc1C(=O)O)[C@H]2C.C[C@@H]1[C@@H]2O[C@H]3[C@H](OC(=O)c4ccccc4C(=O)O)[C@H](O[C@@H]13)[C@H]2C. The van der Waals surface area contributed by atoms with Gasteiger partial charge in [0.2, 0.25) is 0 Å². The van der Waals surface area contributed by atoms with Crippen LogP contribution in [0, 0.1) is 23.7 Å². The molecule has 10 rings (SSSR count). The van der Waals surface area contributed by atoms with Crippen LogP contribution in [0.25, 0.3) is 0 Å². The monoisotopic (exact) mass is 636 g/mol. The number of carbonyl (C=O) groups excluding carboxylic acids is 2. The van der Waals surface area contributed by atoms with Crippen LogP contribution in [0.15, 0.2) is 48.5 Å². The molecule has 46 heavy (non-hydrogen) atoms. The maximum atomic E-state index is 12.5. The van der Waals surface area contributed by atoms with Crippen molar-refractivity contribution in [2.45, 2.75) is 88.7 Å². The zero-order valence-electron chi connectivity index (χ0n) is 25.7. The van der Waals surface area contributed by atoms with Crippen molar-refractivity contribution in [1.29, 1.82) is 0 Å². The van der Waals surface area contributed by atoms with E-state index in [1.807, 2.05) is 13.8 Å². The van der Waals surface area contributed by atoms with Crippen molar-refractivity contribution in [2.75, 3.05) is 0 Å². The molecule has 12 nitrogen and oxygen atoms in total. The van der Waals surface area contributed by atoms with Gasteiger partial charge in [0.15, 0.2) is 12.2 Å². The third-order valence-corrected chi connectivity index (χ3v) is 10.6. The Morgan fingerprint density at radius 2 is 0.783 bits per heavy atom. The van der Waals surface area contributed by atoms with Crippen molar-refractivity contribution in [3.63, 3.8) is 0 Å². The van der Waals surface area contributed by atoms with E-state index >= 15 is 0 Å². The van der Waals surface area contributed by atoms with Crippen LogP contribution in [-0.2, 0) is 28.4 Å². The van der Waals surface area contributed by atoms with E-state index in [2.05, 4.69) is 13.8 Å². The molecule has 2 aromatic carbocycles.